The van der Waals surface area contributed by atoms with Crippen LogP contribution in [0, 0.1) is 18.6 Å². The molecule has 0 atom stereocenters. The van der Waals surface area contributed by atoms with Gasteiger partial charge in [0.1, 0.15) is 24.4 Å². The van der Waals surface area contributed by atoms with Crippen molar-refractivity contribution < 1.29 is 17.9 Å². The second kappa shape index (κ2) is 7.47. The normalized spacial score (nSPS) is 14.6. The van der Waals surface area contributed by atoms with Crippen molar-refractivity contribution in [3.63, 3.8) is 0 Å². The number of hydrogen-bond acceptors (Lipinski definition) is 4. The van der Waals surface area contributed by atoms with Crippen molar-refractivity contribution in [3.8, 4) is 17.0 Å². The summed E-state index contributed by atoms with van der Waals surface area (Å²) < 4.78 is 39.2. The summed E-state index contributed by atoms with van der Waals surface area (Å²) in [4.78, 5) is 8.55. The van der Waals surface area contributed by atoms with E-state index in [9.17, 15) is 8.78 Å². The van der Waals surface area contributed by atoms with Crippen LogP contribution in [0.25, 0.3) is 11.3 Å². The second-order valence-electron chi connectivity index (χ2n) is 6.88. The number of aromatic nitrogens is 2. The Morgan fingerprint density at radius 2 is 2.00 bits per heavy atom. The number of hydrogen-bond donors (Lipinski definition) is 0. The first-order valence-corrected chi connectivity index (χ1v) is 9.10. The standard InChI is InChI=1S/C21H20F2N2O2/c1-13-9-19(24-10-18(13)23)16-7-4-8-17(22)20(16)26-11-15-12-27-21(25-15)14-5-2-3-6-14/h4,7-10,12,14H,2-3,5-6,11H2,1H3. The average Bonchev–Trinajstić information content (AvgIpc) is 3.34. The van der Waals surface area contributed by atoms with Crippen LogP contribution < -0.4 is 4.74 Å². The number of benzene rings is 1. The van der Waals surface area contributed by atoms with Gasteiger partial charge in [-0.3, -0.25) is 4.98 Å². The summed E-state index contributed by atoms with van der Waals surface area (Å²) >= 11 is 0. The molecule has 4 nitrogen and oxygen atoms in total. The minimum Gasteiger partial charge on any atom is -0.483 e. The number of rotatable bonds is 5. The molecule has 1 fully saturated rings. The van der Waals surface area contributed by atoms with E-state index in [1.54, 1.807) is 31.4 Å². The Bertz CT molecular complexity index is 949. The van der Waals surface area contributed by atoms with Crippen LogP contribution in [0.2, 0.25) is 0 Å². The number of pyridine rings is 1. The summed E-state index contributed by atoms with van der Waals surface area (Å²) in [7, 11) is 0. The van der Waals surface area contributed by atoms with E-state index in [0.29, 0.717) is 28.4 Å². The van der Waals surface area contributed by atoms with Crippen molar-refractivity contribution in [3.05, 3.63) is 65.5 Å². The highest BCUT2D eigenvalue weighted by molar-refractivity contribution is 5.67. The van der Waals surface area contributed by atoms with Gasteiger partial charge in [0.25, 0.3) is 0 Å². The molecule has 0 N–H and O–H groups in total. The van der Waals surface area contributed by atoms with E-state index in [-0.39, 0.29) is 12.4 Å². The molecule has 6 heteroatoms. The summed E-state index contributed by atoms with van der Waals surface area (Å²) in [6.07, 6.45) is 7.27. The van der Waals surface area contributed by atoms with Gasteiger partial charge >= 0.3 is 0 Å². The molecule has 0 unspecified atom stereocenters. The van der Waals surface area contributed by atoms with Crippen molar-refractivity contribution in [1.82, 2.24) is 9.97 Å². The van der Waals surface area contributed by atoms with Crippen LogP contribution in [0.1, 0.15) is 48.7 Å². The van der Waals surface area contributed by atoms with Gasteiger partial charge in [0, 0.05) is 11.5 Å². The lowest BCUT2D eigenvalue weighted by molar-refractivity contribution is 0.287. The Hall–Kier alpha value is -2.76. The van der Waals surface area contributed by atoms with Crippen molar-refractivity contribution in [1.29, 1.82) is 0 Å². The smallest absolute Gasteiger partial charge is 0.197 e. The second-order valence-corrected chi connectivity index (χ2v) is 6.88. The highest BCUT2D eigenvalue weighted by Crippen LogP contribution is 2.34. The largest absolute Gasteiger partial charge is 0.483 e. The molecular weight excluding hydrogens is 350 g/mol. The molecule has 0 amide bonds. The molecule has 140 valence electrons. The maximum atomic E-state index is 14.4. The predicted octanol–water partition coefficient (Wildman–Crippen LogP) is 5.56. The monoisotopic (exact) mass is 370 g/mol. The van der Waals surface area contributed by atoms with E-state index in [1.165, 1.54) is 18.9 Å². The molecule has 0 radical (unpaired) electrons. The lowest BCUT2D eigenvalue weighted by Crippen LogP contribution is -2.01. The zero-order chi connectivity index (χ0) is 18.8. The molecule has 1 aliphatic carbocycles. The zero-order valence-corrected chi connectivity index (χ0v) is 15.0. The molecule has 0 aliphatic heterocycles. The fraction of sp³-hybridized carbons (Fsp3) is 0.333. The lowest BCUT2D eigenvalue weighted by Gasteiger charge is -2.12. The first-order valence-electron chi connectivity index (χ1n) is 9.10. The van der Waals surface area contributed by atoms with Gasteiger partial charge in [-0.15, -0.1) is 0 Å². The van der Waals surface area contributed by atoms with Gasteiger partial charge in [-0.2, -0.15) is 0 Å². The molecule has 0 saturated heterocycles. The quantitative estimate of drug-likeness (QED) is 0.590. The molecule has 27 heavy (non-hydrogen) atoms. The molecule has 2 heterocycles. The maximum absolute atomic E-state index is 14.4. The van der Waals surface area contributed by atoms with Crippen molar-refractivity contribution in [2.75, 3.05) is 0 Å². The molecule has 0 bridgehead atoms. The van der Waals surface area contributed by atoms with Gasteiger partial charge in [0.15, 0.2) is 17.5 Å². The van der Waals surface area contributed by atoms with Gasteiger partial charge in [-0.05, 0) is 43.5 Å². The van der Waals surface area contributed by atoms with Crippen LogP contribution >= 0.6 is 0 Å². The average molecular weight is 370 g/mol. The van der Waals surface area contributed by atoms with Crippen LogP contribution in [0.4, 0.5) is 8.78 Å². The first-order chi connectivity index (χ1) is 13.1. The number of halogens is 2. The molecule has 1 aromatic carbocycles. The van der Waals surface area contributed by atoms with Crippen LogP contribution in [-0.2, 0) is 6.61 Å². The zero-order valence-electron chi connectivity index (χ0n) is 15.0. The molecule has 4 rings (SSSR count). The van der Waals surface area contributed by atoms with Crippen LogP contribution in [0.5, 0.6) is 5.75 Å². The first kappa shape index (κ1) is 17.6. The van der Waals surface area contributed by atoms with E-state index in [1.807, 2.05) is 0 Å². The minimum atomic E-state index is -0.504. The van der Waals surface area contributed by atoms with E-state index in [4.69, 9.17) is 9.15 Å². The Morgan fingerprint density at radius 3 is 2.78 bits per heavy atom. The number of oxazole rings is 1. The van der Waals surface area contributed by atoms with Crippen LogP contribution in [-0.4, -0.2) is 9.97 Å². The van der Waals surface area contributed by atoms with E-state index < -0.39 is 11.6 Å². The third-order valence-electron chi connectivity index (χ3n) is 4.93. The van der Waals surface area contributed by atoms with Gasteiger partial charge in [0.05, 0.1) is 11.9 Å². The van der Waals surface area contributed by atoms with Crippen molar-refractivity contribution >= 4 is 0 Å². The molecule has 1 saturated carbocycles. The SMILES string of the molecule is Cc1cc(-c2cccc(F)c2OCc2coc(C3CCCC3)n2)ncc1F. The highest BCUT2D eigenvalue weighted by atomic mass is 19.1. The lowest BCUT2D eigenvalue weighted by atomic mass is 10.1. The summed E-state index contributed by atoms with van der Waals surface area (Å²) in [6.45, 7) is 1.73. The molecule has 3 aromatic rings. The fourth-order valence-electron chi connectivity index (χ4n) is 3.44. The minimum absolute atomic E-state index is 0.0708. The summed E-state index contributed by atoms with van der Waals surface area (Å²) in [5.41, 5.74) is 1.98. The number of para-hydroxylation sites is 1. The summed E-state index contributed by atoms with van der Waals surface area (Å²) in [5, 5.41) is 0. The third-order valence-corrected chi connectivity index (χ3v) is 4.93. The van der Waals surface area contributed by atoms with Gasteiger partial charge in [-0.1, -0.05) is 18.9 Å². The predicted molar refractivity (Wildman–Crippen MR) is 96.4 cm³/mol. The number of aryl methyl sites for hydroxylation is 1. The topological polar surface area (TPSA) is 48.2 Å². The van der Waals surface area contributed by atoms with Gasteiger partial charge in [0.2, 0.25) is 0 Å². The Kier molecular flexibility index (Phi) is 4.88. The van der Waals surface area contributed by atoms with E-state index in [0.717, 1.165) is 24.9 Å². The van der Waals surface area contributed by atoms with E-state index >= 15 is 0 Å². The third kappa shape index (κ3) is 3.70. The Balaban J connectivity index is 1.56. The van der Waals surface area contributed by atoms with Crippen molar-refractivity contribution in [2.24, 2.45) is 0 Å². The number of nitrogens with zero attached hydrogens (tertiary/aromatic N) is 2. The van der Waals surface area contributed by atoms with Gasteiger partial charge in [-0.25, -0.2) is 13.8 Å². The Labute approximate surface area is 156 Å². The molecule has 0 spiro atoms. The number of ether oxygens (including phenoxy) is 1. The highest BCUT2D eigenvalue weighted by Gasteiger charge is 2.22. The molecular formula is C21H20F2N2O2. The Morgan fingerprint density at radius 1 is 1.19 bits per heavy atom. The molecule has 1 aliphatic rings. The fourth-order valence-corrected chi connectivity index (χ4v) is 3.44. The van der Waals surface area contributed by atoms with Gasteiger partial charge < -0.3 is 9.15 Å². The molecule has 2 aromatic heterocycles. The summed E-state index contributed by atoms with van der Waals surface area (Å²) in [5.74, 6) is 0.265. The van der Waals surface area contributed by atoms with Crippen molar-refractivity contribution in [2.45, 2.75) is 45.1 Å². The maximum Gasteiger partial charge on any atom is 0.197 e. The van der Waals surface area contributed by atoms with E-state index in [2.05, 4.69) is 9.97 Å². The van der Waals surface area contributed by atoms with Crippen LogP contribution in [0.3, 0.4) is 0 Å². The van der Waals surface area contributed by atoms with Crippen LogP contribution in [0.15, 0.2) is 41.1 Å². The summed E-state index contributed by atoms with van der Waals surface area (Å²) in [6, 6.07) is 6.17.